The van der Waals surface area contributed by atoms with Crippen molar-refractivity contribution < 1.29 is 10.2 Å². The molecular formula is C16H13BrN4O2S. The summed E-state index contributed by atoms with van der Waals surface area (Å²) in [6.07, 6.45) is 2.98. The molecule has 0 aliphatic heterocycles. The highest BCUT2D eigenvalue weighted by atomic mass is 79.9. The summed E-state index contributed by atoms with van der Waals surface area (Å²) in [5, 5.41) is 32.2. The molecule has 1 aromatic heterocycles. The number of benzene rings is 2. The van der Waals surface area contributed by atoms with Gasteiger partial charge in [-0.2, -0.15) is 9.78 Å². The first-order valence-corrected chi connectivity index (χ1v) is 8.74. The molecular weight excluding hydrogens is 392 g/mol. The predicted molar refractivity (Wildman–Crippen MR) is 96.5 cm³/mol. The summed E-state index contributed by atoms with van der Waals surface area (Å²) in [6, 6.07) is 12.9. The van der Waals surface area contributed by atoms with Crippen LogP contribution >= 0.6 is 27.7 Å². The molecule has 3 rings (SSSR count). The van der Waals surface area contributed by atoms with Crippen LogP contribution < -0.4 is 0 Å². The van der Waals surface area contributed by atoms with E-state index in [0.29, 0.717) is 15.2 Å². The van der Waals surface area contributed by atoms with Gasteiger partial charge in [-0.05, 0) is 27.6 Å². The van der Waals surface area contributed by atoms with E-state index in [2.05, 4.69) is 31.2 Å². The Labute approximate surface area is 151 Å². The fourth-order valence-corrected chi connectivity index (χ4v) is 3.09. The predicted octanol–water partition coefficient (Wildman–Crippen LogP) is 3.63. The van der Waals surface area contributed by atoms with Crippen LogP contribution in [-0.4, -0.2) is 31.3 Å². The molecule has 24 heavy (non-hydrogen) atoms. The van der Waals surface area contributed by atoms with Gasteiger partial charge in [-0.15, -0.1) is 10.2 Å². The van der Waals surface area contributed by atoms with Crippen LogP contribution in [0.2, 0.25) is 0 Å². The van der Waals surface area contributed by atoms with E-state index in [-0.39, 0.29) is 11.5 Å². The first-order valence-electron chi connectivity index (χ1n) is 6.96. The summed E-state index contributed by atoms with van der Waals surface area (Å²) in [6.45, 7) is 0. The molecule has 2 aromatic carbocycles. The number of rotatable bonds is 5. The van der Waals surface area contributed by atoms with Crippen molar-refractivity contribution in [3.63, 3.8) is 0 Å². The minimum atomic E-state index is -0.0639. The molecule has 0 bridgehead atoms. The van der Waals surface area contributed by atoms with Crippen molar-refractivity contribution in [2.24, 2.45) is 5.10 Å². The van der Waals surface area contributed by atoms with Crippen LogP contribution in [0.4, 0.5) is 0 Å². The maximum atomic E-state index is 9.85. The molecule has 0 saturated carbocycles. The molecule has 0 fully saturated rings. The molecule has 0 aliphatic carbocycles. The highest BCUT2D eigenvalue weighted by molar-refractivity contribution is 9.10. The van der Waals surface area contributed by atoms with E-state index in [1.165, 1.54) is 40.6 Å². The van der Waals surface area contributed by atoms with Crippen LogP contribution in [0.25, 0.3) is 0 Å². The average molecular weight is 405 g/mol. The Morgan fingerprint density at radius 1 is 1.17 bits per heavy atom. The van der Waals surface area contributed by atoms with Crippen LogP contribution in [0.1, 0.15) is 11.1 Å². The number of thioether (sulfide) groups is 1. The van der Waals surface area contributed by atoms with Crippen molar-refractivity contribution in [2.75, 3.05) is 0 Å². The van der Waals surface area contributed by atoms with E-state index >= 15 is 0 Å². The minimum Gasteiger partial charge on any atom is -0.507 e. The molecule has 0 atom stereocenters. The highest BCUT2D eigenvalue weighted by Crippen LogP contribution is 2.30. The van der Waals surface area contributed by atoms with E-state index in [4.69, 9.17) is 0 Å². The van der Waals surface area contributed by atoms with Gasteiger partial charge in [0.2, 0.25) is 5.16 Å². The molecule has 0 saturated heterocycles. The zero-order chi connectivity index (χ0) is 16.9. The summed E-state index contributed by atoms with van der Waals surface area (Å²) in [5.41, 5.74) is 1.65. The smallest absolute Gasteiger partial charge is 0.212 e. The van der Waals surface area contributed by atoms with E-state index in [1.54, 1.807) is 6.07 Å². The van der Waals surface area contributed by atoms with Crippen molar-refractivity contribution in [1.82, 2.24) is 14.9 Å². The second kappa shape index (κ2) is 7.50. The zero-order valence-corrected chi connectivity index (χ0v) is 14.8. The Kier molecular flexibility index (Phi) is 5.17. The second-order valence-electron chi connectivity index (χ2n) is 4.84. The van der Waals surface area contributed by atoms with Crippen molar-refractivity contribution in [1.29, 1.82) is 0 Å². The first-order chi connectivity index (χ1) is 11.6. The van der Waals surface area contributed by atoms with E-state index < -0.39 is 0 Å². The molecule has 3 aromatic rings. The monoisotopic (exact) mass is 404 g/mol. The fraction of sp³-hybridized carbons (Fsp3) is 0.0625. The normalized spacial score (nSPS) is 11.2. The molecule has 0 radical (unpaired) electrons. The molecule has 0 unspecified atom stereocenters. The number of aromatic hydroxyl groups is 2. The molecule has 1 heterocycles. The Morgan fingerprint density at radius 2 is 1.96 bits per heavy atom. The highest BCUT2D eigenvalue weighted by Gasteiger charge is 2.07. The summed E-state index contributed by atoms with van der Waals surface area (Å²) < 4.78 is 2.01. The number of aromatic nitrogens is 3. The molecule has 2 N–H and O–H groups in total. The van der Waals surface area contributed by atoms with Crippen LogP contribution in [-0.2, 0) is 5.75 Å². The number of halogens is 1. The SMILES string of the molecule is Oc1cc(O)c(/C=N/n2cnnc2SCc2ccccc2)cc1Br. The Hall–Kier alpha value is -2.32. The van der Waals surface area contributed by atoms with Gasteiger partial charge in [0.1, 0.15) is 17.8 Å². The van der Waals surface area contributed by atoms with Crippen molar-refractivity contribution in [2.45, 2.75) is 10.9 Å². The standard InChI is InChI=1S/C16H13BrN4O2S/c17-13-6-12(14(22)7-15(13)23)8-19-21-10-18-20-16(21)24-9-11-4-2-1-3-5-11/h1-8,10,22-23H,9H2/b19-8+. The summed E-state index contributed by atoms with van der Waals surface area (Å²) in [4.78, 5) is 0. The van der Waals surface area contributed by atoms with Gasteiger partial charge in [-0.1, -0.05) is 42.1 Å². The minimum absolute atomic E-state index is 0.0342. The van der Waals surface area contributed by atoms with E-state index in [9.17, 15) is 10.2 Å². The summed E-state index contributed by atoms with van der Waals surface area (Å²) in [5.74, 6) is 0.657. The van der Waals surface area contributed by atoms with Gasteiger partial charge < -0.3 is 10.2 Å². The third kappa shape index (κ3) is 3.95. The van der Waals surface area contributed by atoms with Gasteiger partial charge in [0.15, 0.2) is 0 Å². The molecule has 0 amide bonds. The molecule has 0 spiro atoms. The molecule has 8 heteroatoms. The lowest BCUT2D eigenvalue weighted by atomic mass is 10.2. The van der Waals surface area contributed by atoms with Crippen molar-refractivity contribution in [3.05, 3.63) is 64.4 Å². The second-order valence-corrected chi connectivity index (χ2v) is 6.64. The Morgan fingerprint density at radius 3 is 2.75 bits per heavy atom. The lowest BCUT2D eigenvalue weighted by Crippen LogP contribution is -1.93. The molecule has 0 aliphatic rings. The van der Waals surface area contributed by atoms with Crippen molar-refractivity contribution in [3.8, 4) is 11.5 Å². The number of hydrogen-bond acceptors (Lipinski definition) is 6. The van der Waals surface area contributed by atoms with Crippen molar-refractivity contribution >= 4 is 33.9 Å². The number of nitrogens with zero attached hydrogens (tertiary/aromatic N) is 4. The van der Waals surface area contributed by atoms with Gasteiger partial charge in [-0.3, -0.25) is 0 Å². The van der Waals surface area contributed by atoms with Crippen LogP contribution in [0.15, 0.2) is 63.5 Å². The summed E-state index contributed by atoms with van der Waals surface area (Å²) in [7, 11) is 0. The maximum absolute atomic E-state index is 9.85. The lowest BCUT2D eigenvalue weighted by molar-refractivity contribution is 0.448. The van der Waals surface area contributed by atoms with Gasteiger partial charge in [0, 0.05) is 17.4 Å². The fourth-order valence-electron chi connectivity index (χ4n) is 1.91. The van der Waals surface area contributed by atoms with Gasteiger partial charge in [0.25, 0.3) is 0 Å². The average Bonchev–Trinajstić information content (AvgIpc) is 3.03. The molecule has 122 valence electrons. The topological polar surface area (TPSA) is 83.5 Å². The largest absolute Gasteiger partial charge is 0.507 e. The summed E-state index contributed by atoms with van der Waals surface area (Å²) >= 11 is 4.72. The maximum Gasteiger partial charge on any atom is 0.212 e. The Balaban J connectivity index is 1.75. The third-order valence-electron chi connectivity index (χ3n) is 3.13. The van der Waals surface area contributed by atoms with Crippen LogP contribution in [0.5, 0.6) is 11.5 Å². The first kappa shape index (κ1) is 16.5. The molecule has 6 nitrogen and oxygen atoms in total. The van der Waals surface area contributed by atoms with E-state index in [0.717, 1.165) is 5.75 Å². The number of phenols is 2. The van der Waals surface area contributed by atoms with E-state index in [1.807, 2.05) is 30.3 Å². The van der Waals surface area contributed by atoms with Gasteiger partial charge in [-0.25, -0.2) is 0 Å². The third-order valence-corrected chi connectivity index (χ3v) is 4.77. The van der Waals surface area contributed by atoms with Gasteiger partial charge >= 0.3 is 0 Å². The van der Waals surface area contributed by atoms with Gasteiger partial charge in [0.05, 0.1) is 10.7 Å². The Bertz CT molecular complexity index is 868. The number of hydrogen-bond donors (Lipinski definition) is 2. The van der Waals surface area contributed by atoms with Crippen LogP contribution in [0, 0.1) is 0 Å². The van der Waals surface area contributed by atoms with Crippen LogP contribution in [0.3, 0.4) is 0 Å². The number of phenolic OH excluding ortho intramolecular Hbond substituents is 2. The zero-order valence-electron chi connectivity index (χ0n) is 12.4. The quantitative estimate of drug-likeness (QED) is 0.500. The lowest BCUT2D eigenvalue weighted by Gasteiger charge is -2.03.